The Morgan fingerprint density at radius 3 is 2.09 bits per heavy atom. The third-order valence-corrected chi connectivity index (χ3v) is 1.24. The molecule has 0 saturated carbocycles. The first kappa shape index (κ1) is 9.90. The molecule has 0 bridgehead atoms. The van der Waals surface area contributed by atoms with Crippen LogP contribution >= 0.6 is 0 Å². The number of nitrogens with zero attached hydrogens (tertiary/aromatic N) is 1. The summed E-state index contributed by atoms with van der Waals surface area (Å²) < 4.78 is 0. The number of nitrogens with two attached hydrogens (primary N) is 3. The number of carbonyl (C=O) groups is 1. The van der Waals surface area contributed by atoms with Crippen LogP contribution in [0.1, 0.15) is 13.8 Å². The van der Waals surface area contributed by atoms with Crippen molar-refractivity contribution >= 4 is 11.9 Å². The third kappa shape index (κ3) is 3.57. The predicted octanol–water partition coefficient (Wildman–Crippen LogP) is -1.23. The van der Waals surface area contributed by atoms with Gasteiger partial charge in [0.15, 0.2) is 5.96 Å². The van der Waals surface area contributed by atoms with Crippen LogP contribution in [0.4, 0.5) is 0 Å². The van der Waals surface area contributed by atoms with Crippen molar-refractivity contribution in [2.24, 2.45) is 28.1 Å². The zero-order valence-electron chi connectivity index (χ0n) is 6.74. The highest BCUT2D eigenvalue weighted by atomic mass is 16.1. The highest BCUT2D eigenvalue weighted by Crippen LogP contribution is 1.99. The largest absolute Gasteiger partial charge is 0.370 e. The summed E-state index contributed by atoms with van der Waals surface area (Å²) in [6, 6.07) is -0.614. The molecule has 0 aromatic heterocycles. The van der Waals surface area contributed by atoms with E-state index in [1.807, 2.05) is 13.8 Å². The lowest BCUT2D eigenvalue weighted by Gasteiger charge is -2.10. The monoisotopic (exact) mass is 158 g/mol. The first-order chi connectivity index (χ1) is 4.95. The van der Waals surface area contributed by atoms with Crippen LogP contribution in [0.3, 0.4) is 0 Å². The molecule has 0 aliphatic carbocycles. The van der Waals surface area contributed by atoms with Gasteiger partial charge in [0.1, 0.15) is 0 Å². The predicted molar refractivity (Wildman–Crippen MR) is 43.6 cm³/mol. The van der Waals surface area contributed by atoms with Crippen LogP contribution in [0.5, 0.6) is 0 Å². The summed E-state index contributed by atoms with van der Waals surface area (Å²) in [5.41, 5.74) is 15.4. The van der Waals surface area contributed by atoms with Crippen LogP contribution in [0.15, 0.2) is 4.99 Å². The minimum Gasteiger partial charge on any atom is -0.370 e. The highest BCUT2D eigenvalue weighted by Gasteiger charge is 2.16. The Morgan fingerprint density at radius 2 is 1.82 bits per heavy atom. The van der Waals surface area contributed by atoms with Crippen molar-refractivity contribution in [2.75, 3.05) is 0 Å². The van der Waals surface area contributed by atoms with E-state index in [1.165, 1.54) is 0 Å². The summed E-state index contributed by atoms with van der Waals surface area (Å²) in [6.45, 7) is 3.65. The molecule has 0 heterocycles. The van der Waals surface area contributed by atoms with Gasteiger partial charge in [-0.25, -0.2) is 0 Å². The minimum atomic E-state index is -0.614. The Hall–Kier alpha value is -1.10. The van der Waals surface area contributed by atoms with Crippen molar-refractivity contribution in [3.63, 3.8) is 0 Å². The average molecular weight is 158 g/mol. The second-order valence-electron chi connectivity index (χ2n) is 2.64. The van der Waals surface area contributed by atoms with Crippen LogP contribution in [0.2, 0.25) is 0 Å². The second-order valence-corrected chi connectivity index (χ2v) is 2.64. The Bertz CT molecular complexity index is 171. The van der Waals surface area contributed by atoms with Gasteiger partial charge in [0.25, 0.3) is 5.91 Å². The van der Waals surface area contributed by atoms with Gasteiger partial charge in [-0.2, -0.15) is 4.99 Å². The second kappa shape index (κ2) is 3.92. The summed E-state index contributed by atoms with van der Waals surface area (Å²) in [5.74, 6) is -0.670. The molecule has 1 atom stereocenters. The van der Waals surface area contributed by atoms with Gasteiger partial charge in [-0.05, 0) is 5.92 Å². The molecule has 0 radical (unpaired) electrons. The van der Waals surface area contributed by atoms with E-state index in [1.54, 1.807) is 0 Å². The van der Waals surface area contributed by atoms with Crippen molar-refractivity contribution in [2.45, 2.75) is 19.9 Å². The van der Waals surface area contributed by atoms with Crippen LogP contribution in [0, 0.1) is 5.92 Å². The maximum Gasteiger partial charge on any atom is 0.266 e. The van der Waals surface area contributed by atoms with Crippen molar-refractivity contribution in [3.8, 4) is 0 Å². The van der Waals surface area contributed by atoms with Gasteiger partial charge in [0.05, 0.1) is 6.04 Å². The quantitative estimate of drug-likeness (QED) is 0.345. The maximum atomic E-state index is 10.9. The van der Waals surface area contributed by atoms with Crippen LogP contribution < -0.4 is 17.2 Å². The smallest absolute Gasteiger partial charge is 0.266 e. The fourth-order valence-electron chi connectivity index (χ4n) is 0.487. The molecule has 0 aliphatic rings. The molecule has 0 aliphatic heterocycles. The Kier molecular flexibility index (Phi) is 3.53. The molecule has 0 saturated heterocycles. The molecule has 0 aromatic rings. The van der Waals surface area contributed by atoms with Gasteiger partial charge in [0, 0.05) is 0 Å². The fourth-order valence-corrected chi connectivity index (χ4v) is 0.487. The normalized spacial score (nSPS) is 12.7. The third-order valence-electron chi connectivity index (χ3n) is 1.24. The molecule has 5 heteroatoms. The lowest BCUT2D eigenvalue weighted by Crippen LogP contribution is -2.36. The number of amides is 1. The Morgan fingerprint density at radius 1 is 1.36 bits per heavy atom. The zero-order chi connectivity index (χ0) is 9.02. The summed E-state index contributed by atoms with van der Waals surface area (Å²) in [4.78, 5) is 14.2. The van der Waals surface area contributed by atoms with Gasteiger partial charge in [0.2, 0.25) is 0 Å². The molecule has 0 aromatic carbocycles. The molecule has 0 rings (SSSR count). The number of hydrogen-bond acceptors (Lipinski definition) is 2. The molecular weight excluding hydrogens is 144 g/mol. The summed E-state index contributed by atoms with van der Waals surface area (Å²) in [7, 11) is 0. The first-order valence-electron chi connectivity index (χ1n) is 3.34. The van der Waals surface area contributed by atoms with Crippen molar-refractivity contribution < 1.29 is 4.79 Å². The average Bonchev–Trinajstić information content (AvgIpc) is 1.84. The van der Waals surface area contributed by atoms with Gasteiger partial charge >= 0.3 is 0 Å². The van der Waals surface area contributed by atoms with Gasteiger partial charge in [-0.15, -0.1) is 0 Å². The molecule has 64 valence electrons. The van der Waals surface area contributed by atoms with Crippen molar-refractivity contribution in [3.05, 3.63) is 0 Å². The van der Waals surface area contributed by atoms with Gasteiger partial charge < -0.3 is 17.2 Å². The number of carbonyl (C=O) groups excluding carboxylic acids is 1. The van der Waals surface area contributed by atoms with E-state index in [0.29, 0.717) is 0 Å². The number of aliphatic imine (C=N–C) groups is 1. The topological polar surface area (TPSA) is 107 Å². The van der Waals surface area contributed by atoms with E-state index in [0.717, 1.165) is 0 Å². The van der Waals surface area contributed by atoms with Crippen LogP contribution in [-0.4, -0.2) is 17.9 Å². The van der Waals surface area contributed by atoms with E-state index in [2.05, 4.69) is 4.99 Å². The minimum absolute atomic E-state index is 0.0469. The SMILES string of the molecule is CC(C)[C@@H](N)C(=O)N=C(N)N. The molecule has 11 heavy (non-hydrogen) atoms. The molecule has 5 nitrogen and oxygen atoms in total. The van der Waals surface area contributed by atoms with E-state index in [4.69, 9.17) is 17.2 Å². The number of rotatable bonds is 2. The van der Waals surface area contributed by atoms with E-state index < -0.39 is 11.9 Å². The standard InChI is InChI=1S/C6H14N4O/c1-3(2)4(7)5(11)10-6(8)9/h3-4H,7H2,1-2H3,(H4,8,9,10,11)/t4-/m1/s1. The zero-order valence-corrected chi connectivity index (χ0v) is 6.74. The molecule has 0 fully saturated rings. The van der Waals surface area contributed by atoms with Crippen LogP contribution in [0.25, 0.3) is 0 Å². The molecule has 0 spiro atoms. The lowest BCUT2D eigenvalue weighted by atomic mass is 10.1. The van der Waals surface area contributed by atoms with Gasteiger partial charge in [-0.1, -0.05) is 13.8 Å². The van der Waals surface area contributed by atoms with E-state index in [-0.39, 0.29) is 11.9 Å². The van der Waals surface area contributed by atoms with Crippen molar-refractivity contribution in [1.82, 2.24) is 0 Å². The van der Waals surface area contributed by atoms with Crippen molar-refractivity contribution in [1.29, 1.82) is 0 Å². The highest BCUT2D eigenvalue weighted by molar-refractivity contribution is 5.94. The Labute approximate surface area is 65.6 Å². The number of guanidine groups is 1. The Balaban J connectivity index is 4.15. The van der Waals surface area contributed by atoms with Crippen LogP contribution in [-0.2, 0) is 4.79 Å². The first-order valence-corrected chi connectivity index (χ1v) is 3.34. The summed E-state index contributed by atoms with van der Waals surface area (Å²) >= 11 is 0. The maximum absolute atomic E-state index is 10.9. The lowest BCUT2D eigenvalue weighted by molar-refractivity contribution is -0.119. The molecule has 1 amide bonds. The molecule has 0 unspecified atom stereocenters. The number of hydrogen-bond donors (Lipinski definition) is 3. The summed E-state index contributed by atoms with van der Waals surface area (Å²) in [6.07, 6.45) is 0. The fraction of sp³-hybridized carbons (Fsp3) is 0.667. The molecular formula is C6H14N4O. The molecule has 6 N–H and O–H groups in total. The summed E-state index contributed by atoms with van der Waals surface area (Å²) in [5, 5.41) is 0. The van der Waals surface area contributed by atoms with E-state index >= 15 is 0 Å². The van der Waals surface area contributed by atoms with E-state index in [9.17, 15) is 4.79 Å². The van der Waals surface area contributed by atoms with Gasteiger partial charge in [-0.3, -0.25) is 4.79 Å².